The molecule has 90 valence electrons. The highest BCUT2D eigenvalue weighted by molar-refractivity contribution is 5.84. The van der Waals surface area contributed by atoms with E-state index in [0.29, 0.717) is 12.3 Å². The number of carbonyl (C=O) groups excluding carboxylic acids is 1. The SMILES string of the molecule is CC(C(=O)O)N(C(=O)CC1CCC1)C1CC1. The van der Waals surface area contributed by atoms with Gasteiger partial charge in [0.1, 0.15) is 6.04 Å². The van der Waals surface area contributed by atoms with Crippen molar-refractivity contribution in [1.29, 1.82) is 0 Å². The Morgan fingerprint density at radius 3 is 2.31 bits per heavy atom. The molecule has 1 N–H and O–H groups in total. The molecule has 0 heterocycles. The Labute approximate surface area is 95.6 Å². The van der Waals surface area contributed by atoms with E-state index in [0.717, 1.165) is 25.7 Å². The van der Waals surface area contributed by atoms with E-state index in [1.165, 1.54) is 6.42 Å². The van der Waals surface area contributed by atoms with Crippen molar-refractivity contribution in [2.24, 2.45) is 5.92 Å². The minimum atomic E-state index is -0.895. The predicted octanol–water partition coefficient (Wildman–Crippen LogP) is 1.64. The zero-order valence-corrected chi connectivity index (χ0v) is 9.69. The first kappa shape index (κ1) is 11.4. The van der Waals surface area contributed by atoms with Gasteiger partial charge in [0.05, 0.1) is 0 Å². The Kier molecular flexibility index (Phi) is 3.17. The molecule has 0 spiro atoms. The van der Waals surface area contributed by atoms with Crippen LogP contribution >= 0.6 is 0 Å². The van der Waals surface area contributed by atoms with Gasteiger partial charge in [0, 0.05) is 12.5 Å². The van der Waals surface area contributed by atoms with Crippen molar-refractivity contribution in [3.05, 3.63) is 0 Å². The maximum absolute atomic E-state index is 12.0. The summed E-state index contributed by atoms with van der Waals surface area (Å²) in [5, 5.41) is 8.99. The van der Waals surface area contributed by atoms with Gasteiger partial charge in [-0.25, -0.2) is 4.79 Å². The van der Waals surface area contributed by atoms with Crippen LogP contribution in [0.5, 0.6) is 0 Å². The molecule has 1 unspecified atom stereocenters. The summed E-state index contributed by atoms with van der Waals surface area (Å²) in [6.07, 6.45) is 5.96. The van der Waals surface area contributed by atoms with Crippen LogP contribution in [0.25, 0.3) is 0 Å². The third-order valence-electron chi connectivity index (χ3n) is 3.69. The third kappa shape index (κ3) is 2.36. The molecule has 4 nitrogen and oxygen atoms in total. The van der Waals surface area contributed by atoms with Crippen LogP contribution in [0.4, 0.5) is 0 Å². The quantitative estimate of drug-likeness (QED) is 0.773. The van der Waals surface area contributed by atoms with E-state index < -0.39 is 12.0 Å². The van der Waals surface area contributed by atoms with Crippen LogP contribution in [0.15, 0.2) is 0 Å². The maximum atomic E-state index is 12.0. The van der Waals surface area contributed by atoms with Gasteiger partial charge in [-0.3, -0.25) is 4.79 Å². The van der Waals surface area contributed by atoms with E-state index in [1.807, 2.05) is 0 Å². The lowest BCUT2D eigenvalue weighted by molar-refractivity contribution is -0.150. The molecule has 16 heavy (non-hydrogen) atoms. The zero-order chi connectivity index (χ0) is 11.7. The molecular formula is C12H19NO3. The summed E-state index contributed by atoms with van der Waals surface area (Å²) in [6, 6.07) is -0.473. The van der Waals surface area contributed by atoms with Gasteiger partial charge < -0.3 is 10.0 Å². The molecule has 0 aromatic carbocycles. The molecule has 0 aliphatic heterocycles. The van der Waals surface area contributed by atoms with Crippen LogP contribution in [0.2, 0.25) is 0 Å². The summed E-state index contributed by atoms with van der Waals surface area (Å²) in [5.74, 6) is -0.342. The van der Waals surface area contributed by atoms with E-state index in [4.69, 9.17) is 5.11 Å². The van der Waals surface area contributed by atoms with E-state index in [-0.39, 0.29) is 11.9 Å². The lowest BCUT2D eigenvalue weighted by Crippen LogP contribution is -2.45. The first-order chi connectivity index (χ1) is 7.59. The van der Waals surface area contributed by atoms with Gasteiger partial charge in [0.2, 0.25) is 5.91 Å². The molecule has 0 aromatic rings. The Morgan fingerprint density at radius 1 is 1.31 bits per heavy atom. The Bertz CT molecular complexity index is 295. The minimum Gasteiger partial charge on any atom is -0.480 e. The number of carboxylic acid groups (broad SMARTS) is 1. The second kappa shape index (κ2) is 4.44. The van der Waals surface area contributed by atoms with Crippen LogP contribution in [0, 0.1) is 5.92 Å². The number of carboxylic acids is 1. The van der Waals surface area contributed by atoms with Gasteiger partial charge in [-0.1, -0.05) is 6.42 Å². The average molecular weight is 225 g/mol. The molecule has 0 saturated heterocycles. The molecular weight excluding hydrogens is 206 g/mol. The molecule has 2 rings (SSSR count). The van der Waals surface area contributed by atoms with Crippen LogP contribution in [0.1, 0.15) is 45.4 Å². The average Bonchev–Trinajstić information content (AvgIpc) is 2.95. The largest absolute Gasteiger partial charge is 0.480 e. The van der Waals surface area contributed by atoms with E-state index >= 15 is 0 Å². The number of carbonyl (C=O) groups is 2. The van der Waals surface area contributed by atoms with Gasteiger partial charge >= 0.3 is 5.97 Å². The summed E-state index contributed by atoms with van der Waals surface area (Å²) in [6.45, 7) is 1.61. The molecule has 2 aliphatic carbocycles. The molecule has 2 saturated carbocycles. The number of nitrogens with zero attached hydrogens (tertiary/aromatic N) is 1. The van der Waals surface area contributed by atoms with Crippen molar-refractivity contribution in [3.63, 3.8) is 0 Å². The molecule has 1 amide bonds. The lowest BCUT2D eigenvalue weighted by Gasteiger charge is -2.31. The lowest BCUT2D eigenvalue weighted by atomic mass is 9.82. The highest BCUT2D eigenvalue weighted by atomic mass is 16.4. The van der Waals surface area contributed by atoms with Crippen molar-refractivity contribution in [2.45, 2.75) is 57.5 Å². The molecule has 0 radical (unpaired) electrons. The summed E-state index contributed by atoms with van der Waals surface area (Å²) in [4.78, 5) is 24.6. The number of amides is 1. The molecule has 0 aromatic heterocycles. The van der Waals surface area contributed by atoms with Crippen molar-refractivity contribution in [3.8, 4) is 0 Å². The minimum absolute atomic E-state index is 0.0436. The fraction of sp³-hybridized carbons (Fsp3) is 0.833. The molecule has 4 heteroatoms. The van der Waals surface area contributed by atoms with Gasteiger partial charge in [-0.2, -0.15) is 0 Å². The topological polar surface area (TPSA) is 57.6 Å². The van der Waals surface area contributed by atoms with Crippen LogP contribution in [-0.2, 0) is 9.59 Å². The number of hydrogen-bond donors (Lipinski definition) is 1. The normalized spacial score (nSPS) is 22.3. The summed E-state index contributed by atoms with van der Waals surface area (Å²) in [5.41, 5.74) is 0. The Hall–Kier alpha value is -1.06. The van der Waals surface area contributed by atoms with Gasteiger partial charge in [0.25, 0.3) is 0 Å². The Morgan fingerprint density at radius 2 is 1.94 bits per heavy atom. The van der Waals surface area contributed by atoms with E-state index in [1.54, 1.807) is 11.8 Å². The number of rotatable bonds is 5. The fourth-order valence-corrected chi connectivity index (χ4v) is 2.26. The van der Waals surface area contributed by atoms with Gasteiger partial charge in [-0.05, 0) is 38.5 Å². The second-order valence-electron chi connectivity index (χ2n) is 5.05. The van der Waals surface area contributed by atoms with Crippen LogP contribution in [0.3, 0.4) is 0 Å². The fourth-order valence-electron chi connectivity index (χ4n) is 2.26. The van der Waals surface area contributed by atoms with Gasteiger partial charge in [0.15, 0.2) is 0 Å². The summed E-state index contributed by atoms with van der Waals surface area (Å²) >= 11 is 0. The van der Waals surface area contributed by atoms with E-state index in [2.05, 4.69) is 0 Å². The maximum Gasteiger partial charge on any atom is 0.326 e. The van der Waals surface area contributed by atoms with Crippen molar-refractivity contribution in [2.75, 3.05) is 0 Å². The number of aliphatic carboxylic acids is 1. The zero-order valence-electron chi connectivity index (χ0n) is 9.69. The first-order valence-electron chi connectivity index (χ1n) is 6.13. The number of hydrogen-bond acceptors (Lipinski definition) is 2. The molecule has 2 aliphatic rings. The van der Waals surface area contributed by atoms with Crippen molar-refractivity contribution in [1.82, 2.24) is 4.90 Å². The molecule has 1 atom stereocenters. The smallest absolute Gasteiger partial charge is 0.326 e. The highest BCUT2D eigenvalue weighted by Gasteiger charge is 2.39. The van der Waals surface area contributed by atoms with E-state index in [9.17, 15) is 9.59 Å². The highest BCUT2D eigenvalue weighted by Crippen LogP contribution is 2.34. The van der Waals surface area contributed by atoms with Crippen LogP contribution in [-0.4, -0.2) is 34.0 Å². The molecule has 2 fully saturated rings. The predicted molar refractivity (Wildman–Crippen MR) is 58.9 cm³/mol. The van der Waals surface area contributed by atoms with Crippen molar-refractivity contribution < 1.29 is 14.7 Å². The van der Waals surface area contributed by atoms with Crippen LogP contribution < -0.4 is 0 Å². The monoisotopic (exact) mass is 225 g/mol. The summed E-state index contributed by atoms with van der Waals surface area (Å²) in [7, 11) is 0. The third-order valence-corrected chi connectivity index (χ3v) is 3.69. The van der Waals surface area contributed by atoms with Gasteiger partial charge in [-0.15, -0.1) is 0 Å². The second-order valence-corrected chi connectivity index (χ2v) is 5.05. The first-order valence-corrected chi connectivity index (χ1v) is 6.13. The van der Waals surface area contributed by atoms with Crippen molar-refractivity contribution >= 4 is 11.9 Å². The molecule has 0 bridgehead atoms. The summed E-state index contributed by atoms with van der Waals surface area (Å²) < 4.78 is 0. The Balaban J connectivity index is 1.94. The standard InChI is InChI=1S/C12H19NO3/c1-8(12(15)16)13(10-5-6-10)11(14)7-9-3-2-4-9/h8-10H,2-7H2,1H3,(H,15,16).